The van der Waals surface area contributed by atoms with Crippen molar-refractivity contribution >= 4 is 37.5 Å². The molecule has 4 rings (SSSR count). The highest BCUT2D eigenvalue weighted by molar-refractivity contribution is 7.89. The van der Waals surface area contributed by atoms with Gasteiger partial charge >= 0.3 is 0 Å². The number of fused-ring (bicyclic) bond motifs is 1. The van der Waals surface area contributed by atoms with E-state index in [2.05, 4.69) is 9.71 Å². The van der Waals surface area contributed by atoms with Gasteiger partial charge in [0.25, 0.3) is 0 Å². The van der Waals surface area contributed by atoms with Gasteiger partial charge in [-0.25, -0.2) is 18.1 Å². The number of nitrogens with one attached hydrogen (secondary N) is 1. The number of thiazole rings is 1. The van der Waals surface area contributed by atoms with Crippen molar-refractivity contribution in [1.82, 2.24) is 9.71 Å². The van der Waals surface area contributed by atoms with E-state index in [4.69, 9.17) is 5.73 Å². The topological polar surface area (TPSA) is 102 Å². The molecule has 3 N–H and O–H groups in total. The molecule has 0 fully saturated rings. The number of carbonyl (C=O) groups is 1. The number of carbonyl (C=O) groups excluding carboxylic acids is 1. The fraction of sp³-hybridized carbons (Fsp3) is 0.0909. The SMILES string of the molecule is NC(=O)c1cccc(CC(NS(=O)(=O)c2ccccc2)c2nc3ccccc3s2)c1. The summed E-state index contributed by atoms with van der Waals surface area (Å²) in [6.07, 6.45) is 0.326. The average Bonchev–Trinajstić information content (AvgIpc) is 3.18. The molecule has 0 saturated carbocycles. The van der Waals surface area contributed by atoms with Gasteiger partial charge < -0.3 is 5.73 Å². The first-order valence-corrected chi connectivity index (χ1v) is 11.5. The quantitative estimate of drug-likeness (QED) is 0.461. The summed E-state index contributed by atoms with van der Waals surface area (Å²) >= 11 is 1.44. The molecule has 0 aliphatic rings. The van der Waals surface area contributed by atoms with Gasteiger partial charge in [-0.05, 0) is 48.4 Å². The minimum absolute atomic E-state index is 0.182. The maximum absolute atomic E-state index is 13.0. The van der Waals surface area contributed by atoms with E-state index in [1.807, 2.05) is 30.3 Å². The number of nitrogens with two attached hydrogens (primary N) is 1. The minimum atomic E-state index is -3.77. The predicted molar refractivity (Wildman–Crippen MR) is 118 cm³/mol. The Morgan fingerprint density at radius 3 is 2.47 bits per heavy atom. The number of aromatic nitrogens is 1. The Morgan fingerprint density at radius 2 is 1.73 bits per heavy atom. The van der Waals surface area contributed by atoms with E-state index in [9.17, 15) is 13.2 Å². The highest BCUT2D eigenvalue weighted by atomic mass is 32.2. The molecule has 0 aliphatic carbocycles. The highest BCUT2D eigenvalue weighted by Gasteiger charge is 2.24. The van der Waals surface area contributed by atoms with E-state index in [1.165, 1.54) is 11.3 Å². The average molecular weight is 438 g/mol. The Bertz CT molecular complexity index is 1270. The second-order valence-electron chi connectivity index (χ2n) is 6.78. The third-order valence-corrected chi connectivity index (χ3v) is 7.25. The van der Waals surface area contributed by atoms with Crippen LogP contribution in [0.5, 0.6) is 0 Å². The summed E-state index contributed by atoms with van der Waals surface area (Å²) in [6.45, 7) is 0. The summed E-state index contributed by atoms with van der Waals surface area (Å²) < 4.78 is 29.7. The molecule has 3 aromatic carbocycles. The number of hydrogen-bond donors (Lipinski definition) is 2. The molecule has 0 saturated heterocycles. The van der Waals surface area contributed by atoms with Crippen LogP contribution in [0.4, 0.5) is 0 Å². The number of benzene rings is 3. The van der Waals surface area contributed by atoms with Crippen molar-refractivity contribution in [2.75, 3.05) is 0 Å². The van der Waals surface area contributed by atoms with E-state index in [0.717, 1.165) is 15.8 Å². The highest BCUT2D eigenvalue weighted by Crippen LogP contribution is 2.29. The molecule has 1 heterocycles. The van der Waals surface area contributed by atoms with Crippen molar-refractivity contribution in [2.45, 2.75) is 17.4 Å². The van der Waals surface area contributed by atoms with Crippen molar-refractivity contribution in [3.8, 4) is 0 Å². The molecule has 0 radical (unpaired) electrons. The molecule has 0 aliphatic heterocycles. The van der Waals surface area contributed by atoms with Crippen LogP contribution in [0, 0.1) is 0 Å². The van der Waals surface area contributed by atoms with E-state index in [0.29, 0.717) is 17.0 Å². The van der Waals surface area contributed by atoms with Crippen LogP contribution < -0.4 is 10.5 Å². The first-order chi connectivity index (χ1) is 14.4. The summed E-state index contributed by atoms with van der Waals surface area (Å²) in [5.74, 6) is -0.529. The smallest absolute Gasteiger partial charge is 0.248 e. The van der Waals surface area contributed by atoms with Crippen LogP contribution in [-0.4, -0.2) is 19.3 Å². The molecule has 8 heteroatoms. The van der Waals surface area contributed by atoms with Crippen molar-refractivity contribution in [1.29, 1.82) is 0 Å². The summed E-state index contributed by atoms with van der Waals surface area (Å²) in [4.78, 5) is 16.4. The van der Waals surface area contributed by atoms with Gasteiger partial charge in [0.15, 0.2) is 0 Å². The lowest BCUT2D eigenvalue weighted by atomic mass is 10.0. The number of sulfonamides is 1. The first kappa shape index (κ1) is 20.2. The summed E-state index contributed by atoms with van der Waals surface area (Å²) in [5, 5.41) is 0.653. The van der Waals surface area contributed by atoms with E-state index < -0.39 is 22.0 Å². The Kier molecular flexibility index (Phi) is 5.63. The zero-order valence-corrected chi connectivity index (χ0v) is 17.5. The van der Waals surface area contributed by atoms with Crippen molar-refractivity contribution in [3.05, 3.63) is 95.0 Å². The number of primary amides is 1. The normalized spacial score (nSPS) is 12.7. The van der Waals surface area contributed by atoms with Gasteiger partial charge in [-0.2, -0.15) is 0 Å². The molecule has 0 bridgehead atoms. The zero-order valence-electron chi connectivity index (χ0n) is 15.9. The number of amides is 1. The molecule has 1 unspecified atom stereocenters. The maximum atomic E-state index is 13.0. The molecule has 4 aromatic rings. The van der Waals surface area contributed by atoms with Crippen LogP contribution in [0.1, 0.15) is 27.0 Å². The van der Waals surface area contributed by atoms with E-state index in [-0.39, 0.29) is 4.90 Å². The Morgan fingerprint density at radius 1 is 1.00 bits per heavy atom. The monoisotopic (exact) mass is 437 g/mol. The van der Waals surface area contributed by atoms with E-state index in [1.54, 1.807) is 48.5 Å². The molecule has 1 aromatic heterocycles. The van der Waals surface area contributed by atoms with Crippen LogP contribution in [0.25, 0.3) is 10.2 Å². The molecule has 152 valence electrons. The summed E-state index contributed by atoms with van der Waals surface area (Å²) in [7, 11) is -3.77. The maximum Gasteiger partial charge on any atom is 0.248 e. The molecule has 1 atom stereocenters. The third-order valence-electron chi connectivity index (χ3n) is 4.61. The van der Waals surface area contributed by atoms with Gasteiger partial charge in [0.2, 0.25) is 15.9 Å². The number of hydrogen-bond acceptors (Lipinski definition) is 5. The molecule has 0 spiro atoms. The standard InChI is InChI=1S/C22H19N3O3S2/c23-21(26)16-8-6-7-15(13-16)14-19(22-24-18-11-4-5-12-20(18)29-22)25-30(27,28)17-9-2-1-3-10-17/h1-13,19,25H,14H2,(H2,23,26). The Labute approximate surface area is 178 Å². The lowest BCUT2D eigenvalue weighted by Gasteiger charge is -2.17. The van der Waals surface area contributed by atoms with Gasteiger partial charge in [0.05, 0.1) is 21.2 Å². The van der Waals surface area contributed by atoms with Crippen molar-refractivity contribution < 1.29 is 13.2 Å². The van der Waals surface area contributed by atoms with Crippen LogP contribution >= 0.6 is 11.3 Å². The van der Waals surface area contributed by atoms with Crippen LogP contribution in [-0.2, 0) is 16.4 Å². The fourth-order valence-electron chi connectivity index (χ4n) is 3.16. The third kappa shape index (κ3) is 4.40. The molecule has 30 heavy (non-hydrogen) atoms. The molecule has 6 nitrogen and oxygen atoms in total. The second kappa shape index (κ2) is 8.35. The largest absolute Gasteiger partial charge is 0.366 e. The van der Waals surface area contributed by atoms with Gasteiger partial charge in [0, 0.05) is 5.56 Å². The number of para-hydroxylation sites is 1. The van der Waals surface area contributed by atoms with Crippen LogP contribution in [0.2, 0.25) is 0 Å². The van der Waals surface area contributed by atoms with Crippen molar-refractivity contribution in [3.63, 3.8) is 0 Å². The molecular formula is C22H19N3O3S2. The number of nitrogens with zero attached hydrogens (tertiary/aromatic N) is 1. The van der Waals surface area contributed by atoms with Gasteiger partial charge in [0.1, 0.15) is 5.01 Å². The van der Waals surface area contributed by atoms with Gasteiger partial charge in [-0.3, -0.25) is 4.79 Å². The summed E-state index contributed by atoms with van der Waals surface area (Å²) in [6, 6.07) is 22.2. The van der Waals surface area contributed by atoms with Gasteiger partial charge in [-0.1, -0.05) is 42.5 Å². The number of rotatable bonds is 7. The van der Waals surface area contributed by atoms with E-state index >= 15 is 0 Å². The lowest BCUT2D eigenvalue weighted by molar-refractivity contribution is 0.1000. The predicted octanol–water partition coefficient (Wildman–Crippen LogP) is 3.66. The Balaban J connectivity index is 1.73. The first-order valence-electron chi connectivity index (χ1n) is 9.24. The van der Waals surface area contributed by atoms with Crippen LogP contribution in [0.3, 0.4) is 0 Å². The molecular weight excluding hydrogens is 418 g/mol. The fourth-order valence-corrected chi connectivity index (χ4v) is 5.48. The zero-order chi connectivity index (χ0) is 21.1. The minimum Gasteiger partial charge on any atom is -0.366 e. The lowest BCUT2D eigenvalue weighted by Crippen LogP contribution is -2.30. The summed E-state index contributed by atoms with van der Waals surface area (Å²) in [5.41, 5.74) is 7.36. The Hall–Kier alpha value is -3.07. The molecule has 1 amide bonds. The van der Waals surface area contributed by atoms with Crippen LogP contribution in [0.15, 0.2) is 83.8 Å². The second-order valence-corrected chi connectivity index (χ2v) is 9.55. The van der Waals surface area contributed by atoms with Crippen molar-refractivity contribution in [2.24, 2.45) is 5.73 Å². The van der Waals surface area contributed by atoms with Gasteiger partial charge in [-0.15, -0.1) is 11.3 Å².